The van der Waals surface area contributed by atoms with Gasteiger partial charge in [-0.1, -0.05) is 0 Å². The molecule has 8 heteroatoms. The van der Waals surface area contributed by atoms with Gasteiger partial charge in [-0.15, -0.1) is 22.0 Å². The van der Waals surface area contributed by atoms with Crippen LogP contribution in [-0.2, 0) is 4.74 Å². The van der Waals surface area contributed by atoms with Crippen LogP contribution in [0.25, 0.3) is 5.65 Å². The molecule has 0 saturated carbocycles. The van der Waals surface area contributed by atoms with Gasteiger partial charge < -0.3 is 20.1 Å². The Hall–Kier alpha value is -1.19. The van der Waals surface area contributed by atoms with E-state index in [1.807, 2.05) is 18.4 Å². The molecule has 1 aliphatic rings. The third kappa shape index (κ3) is 2.00. The predicted molar refractivity (Wildman–Crippen MR) is 71.5 cm³/mol. The molecule has 7 nitrogen and oxygen atoms in total. The van der Waals surface area contributed by atoms with Gasteiger partial charge in [0.25, 0.3) is 0 Å². The minimum atomic E-state index is -1.14. The summed E-state index contributed by atoms with van der Waals surface area (Å²) in [7, 11) is 0. The van der Waals surface area contributed by atoms with Crippen molar-refractivity contribution in [2.75, 3.05) is 12.9 Å². The fourth-order valence-electron chi connectivity index (χ4n) is 2.38. The summed E-state index contributed by atoms with van der Waals surface area (Å²) < 4.78 is 7.21. The number of hydrogen-bond donors (Lipinski definition) is 3. The molecule has 1 fully saturated rings. The Labute approximate surface area is 119 Å². The lowest BCUT2D eigenvalue weighted by Gasteiger charge is -2.12. The van der Waals surface area contributed by atoms with Crippen LogP contribution in [0.15, 0.2) is 23.2 Å². The number of rotatable bonds is 3. The standard InChI is InChI=1S/C12H15N3O4S/c1-20-7-3-2-4-15-11(7)13-14-12(15)10-9(18)8(17)6(5-16)19-10/h2-4,6,8-10,16-18H,5H2,1H3/t6-,8-,9-,10-/m1/s1. The Morgan fingerprint density at radius 1 is 1.35 bits per heavy atom. The van der Waals surface area contributed by atoms with Gasteiger partial charge in [0.15, 0.2) is 11.5 Å². The van der Waals surface area contributed by atoms with Crippen molar-refractivity contribution in [3.63, 3.8) is 0 Å². The van der Waals surface area contributed by atoms with Crippen LogP contribution in [-0.4, -0.2) is 61.1 Å². The van der Waals surface area contributed by atoms with Gasteiger partial charge in [0.2, 0.25) is 0 Å². The number of nitrogens with zero attached hydrogens (tertiary/aromatic N) is 3. The van der Waals surface area contributed by atoms with Crippen LogP contribution in [0.1, 0.15) is 11.9 Å². The lowest BCUT2D eigenvalue weighted by molar-refractivity contribution is -0.0255. The van der Waals surface area contributed by atoms with E-state index in [2.05, 4.69) is 10.2 Å². The van der Waals surface area contributed by atoms with Crippen LogP contribution in [0.5, 0.6) is 0 Å². The predicted octanol–water partition coefficient (Wildman–Crippen LogP) is -0.395. The van der Waals surface area contributed by atoms with Crippen LogP contribution >= 0.6 is 11.8 Å². The first kappa shape index (κ1) is 13.8. The first-order valence-corrected chi connectivity index (χ1v) is 7.40. The number of pyridine rings is 1. The van der Waals surface area contributed by atoms with Gasteiger partial charge in [-0.05, 0) is 18.4 Å². The molecule has 1 aliphatic heterocycles. The second kappa shape index (κ2) is 5.30. The molecule has 4 atom stereocenters. The molecule has 0 aliphatic carbocycles. The maximum absolute atomic E-state index is 10.0. The van der Waals surface area contributed by atoms with Crippen LogP contribution in [0.2, 0.25) is 0 Å². The molecule has 0 amide bonds. The fourth-order valence-corrected chi connectivity index (χ4v) is 2.91. The molecule has 0 bridgehead atoms. The van der Waals surface area contributed by atoms with Crippen molar-refractivity contribution >= 4 is 17.4 Å². The first-order chi connectivity index (χ1) is 9.67. The van der Waals surface area contributed by atoms with Gasteiger partial charge in [-0.3, -0.25) is 4.40 Å². The van der Waals surface area contributed by atoms with Gasteiger partial charge in [0, 0.05) is 6.20 Å². The third-order valence-corrected chi connectivity index (χ3v) is 4.20. The maximum Gasteiger partial charge on any atom is 0.174 e. The highest BCUT2D eigenvalue weighted by atomic mass is 32.2. The third-order valence-electron chi connectivity index (χ3n) is 3.44. The van der Waals surface area contributed by atoms with E-state index in [1.54, 1.807) is 22.4 Å². The lowest BCUT2D eigenvalue weighted by atomic mass is 10.1. The summed E-state index contributed by atoms with van der Waals surface area (Å²) in [5, 5.41) is 37.1. The molecule has 0 radical (unpaired) electrons. The Morgan fingerprint density at radius 2 is 2.15 bits per heavy atom. The minimum Gasteiger partial charge on any atom is -0.394 e. The molecule has 0 aromatic carbocycles. The van der Waals surface area contributed by atoms with Crippen LogP contribution in [0.3, 0.4) is 0 Å². The van der Waals surface area contributed by atoms with Crippen molar-refractivity contribution in [1.82, 2.24) is 14.6 Å². The molecule has 0 spiro atoms. The van der Waals surface area contributed by atoms with Gasteiger partial charge in [0.1, 0.15) is 24.4 Å². The molecular weight excluding hydrogens is 282 g/mol. The van der Waals surface area contributed by atoms with Gasteiger partial charge >= 0.3 is 0 Å². The van der Waals surface area contributed by atoms with Crippen molar-refractivity contribution < 1.29 is 20.1 Å². The first-order valence-electron chi connectivity index (χ1n) is 6.17. The Balaban J connectivity index is 2.03. The van der Waals surface area contributed by atoms with Crippen molar-refractivity contribution in [3.05, 3.63) is 24.2 Å². The number of ether oxygens (including phenoxy) is 1. The highest BCUT2D eigenvalue weighted by molar-refractivity contribution is 7.98. The van der Waals surface area contributed by atoms with E-state index < -0.39 is 24.4 Å². The molecule has 2 aromatic rings. The summed E-state index contributed by atoms with van der Waals surface area (Å²) >= 11 is 1.54. The monoisotopic (exact) mass is 297 g/mol. The number of hydrogen-bond acceptors (Lipinski definition) is 7. The number of thioether (sulfide) groups is 1. The molecular formula is C12H15N3O4S. The number of fused-ring (bicyclic) bond motifs is 1. The summed E-state index contributed by atoms with van der Waals surface area (Å²) in [6, 6.07) is 3.78. The molecule has 0 unspecified atom stereocenters. The molecule has 1 saturated heterocycles. The number of aromatic nitrogens is 3. The van der Waals surface area contributed by atoms with E-state index in [0.717, 1.165) is 4.90 Å². The highest BCUT2D eigenvalue weighted by Crippen LogP contribution is 2.33. The van der Waals surface area contributed by atoms with E-state index in [1.165, 1.54) is 0 Å². The van der Waals surface area contributed by atoms with Crippen molar-refractivity contribution in [3.8, 4) is 0 Å². The normalized spacial score (nSPS) is 30.2. The van der Waals surface area contributed by atoms with Crippen LogP contribution in [0, 0.1) is 0 Å². The topological polar surface area (TPSA) is 100 Å². The SMILES string of the molecule is CSc1cccn2c([C@@H]3O[C@H](CO)[C@@H](O)[C@H]3O)nnc12. The van der Waals surface area contributed by atoms with Gasteiger partial charge in [-0.25, -0.2) is 0 Å². The zero-order valence-electron chi connectivity index (χ0n) is 10.7. The van der Waals surface area contributed by atoms with Gasteiger partial charge in [-0.2, -0.15) is 0 Å². The second-order valence-electron chi connectivity index (χ2n) is 4.59. The minimum absolute atomic E-state index is 0.360. The molecule has 20 heavy (non-hydrogen) atoms. The molecule has 3 heterocycles. The van der Waals surface area contributed by atoms with Crippen LogP contribution < -0.4 is 0 Å². The lowest BCUT2D eigenvalue weighted by Crippen LogP contribution is -2.32. The van der Waals surface area contributed by atoms with Crippen LogP contribution in [0.4, 0.5) is 0 Å². The number of aliphatic hydroxyl groups is 3. The average Bonchev–Trinajstić information content (AvgIpc) is 3.01. The fraction of sp³-hybridized carbons (Fsp3) is 0.500. The largest absolute Gasteiger partial charge is 0.394 e. The van der Waals surface area contributed by atoms with E-state index in [-0.39, 0.29) is 6.61 Å². The Bertz CT molecular complexity index is 620. The zero-order valence-corrected chi connectivity index (χ0v) is 11.6. The highest BCUT2D eigenvalue weighted by Gasteiger charge is 2.45. The Morgan fingerprint density at radius 3 is 2.80 bits per heavy atom. The second-order valence-corrected chi connectivity index (χ2v) is 5.44. The summed E-state index contributed by atoms with van der Waals surface area (Å²) in [6.07, 6.45) is -0.186. The Kier molecular flexibility index (Phi) is 3.65. The van der Waals surface area contributed by atoms with Crippen molar-refractivity contribution in [2.45, 2.75) is 29.3 Å². The van der Waals surface area contributed by atoms with Crippen molar-refractivity contribution in [1.29, 1.82) is 0 Å². The summed E-state index contributed by atoms with van der Waals surface area (Å²) in [5.74, 6) is 0.415. The maximum atomic E-state index is 10.0. The zero-order chi connectivity index (χ0) is 14.3. The quantitative estimate of drug-likeness (QED) is 0.663. The summed E-state index contributed by atoms with van der Waals surface area (Å²) in [5.41, 5.74) is 0.674. The molecule has 2 aromatic heterocycles. The number of aliphatic hydroxyl groups excluding tert-OH is 3. The van der Waals surface area contributed by atoms with E-state index >= 15 is 0 Å². The summed E-state index contributed by atoms with van der Waals surface area (Å²) in [4.78, 5) is 0.956. The van der Waals surface area contributed by atoms with E-state index in [9.17, 15) is 10.2 Å². The average molecular weight is 297 g/mol. The molecule has 108 valence electrons. The smallest absolute Gasteiger partial charge is 0.174 e. The van der Waals surface area contributed by atoms with Gasteiger partial charge in [0.05, 0.1) is 11.5 Å². The molecule has 3 rings (SSSR count). The molecule has 3 N–H and O–H groups in total. The van der Waals surface area contributed by atoms with E-state index in [4.69, 9.17) is 9.84 Å². The van der Waals surface area contributed by atoms with Crippen molar-refractivity contribution in [2.24, 2.45) is 0 Å². The summed E-state index contributed by atoms with van der Waals surface area (Å²) in [6.45, 7) is -0.360. The van der Waals surface area contributed by atoms with E-state index in [0.29, 0.717) is 11.5 Å².